The van der Waals surface area contributed by atoms with E-state index in [4.69, 9.17) is 0 Å². The number of para-hydroxylation sites is 1. The van der Waals surface area contributed by atoms with Gasteiger partial charge in [-0.1, -0.05) is 29.5 Å². The molecule has 0 bridgehead atoms. The highest BCUT2D eigenvalue weighted by atomic mass is 79.9. The van der Waals surface area contributed by atoms with E-state index in [-0.39, 0.29) is 17.4 Å². The molecule has 24 heavy (non-hydrogen) atoms. The van der Waals surface area contributed by atoms with Crippen molar-refractivity contribution in [3.63, 3.8) is 0 Å². The summed E-state index contributed by atoms with van der Waals surface area (Å²) in [6.45, 7) is 2.08. The number of nitrogens with zero attached hydrogens (tertiary/aromatic N) is 3. The average Bonchev–Trinajstić information content (AvgIpc) is 2.96. The van der Waals surface area contributed by atoms with Gasteiger partial charge in [-0.2, -0.15) is 0 Å². The van der Waals surface area contributed by atoms with E-state index in [9.17, 15) is 9.18 Å². The van der Waals surface area contributed by atoms with Crippen LogP contribution in [0.5, 0.6) is 0 Å². The molecule has 0 aliphatic rings. The summed E-state index contributed by atoms with van der Waals surface area (Å²) in [5.41, 5.74) is 2.51. The Morgan fingerprint density at radius 3 is 2.62 bits per heavy atom. The van der Waals surface area contributed by atoms with Crippen molar-refractivity contribution in [2.24, 2.45) is 0 Å². The molecule has 122 valence electrons. The topological polar surface area (TPSA) is 59.8 Å². The first-order chi connectivity index (χ1) is 11.6. The van der Waals surface area contributed by atoms with E-state index in [2.05, 4.69) is 31.6 Å². The lowest BCUT2D eigenvalue weighted by atomic mass is 10.2. The zero-order valence-electron chi connectivity index (χ0n) is 12.8. The van der Waals surface area contributed by atoms with Gasteiger partial charge in [-0.3, -0.25) is 4.79 Å². The van der Waals surface area contributed by atoms with Crippen molar-refractivity contribution in [2.45, 2.75) is 13.5 Å². The third-order valence-electron chi connectivity index (χ3n) is 3.56. The quantitative estimate of drug-likeness (QED) is 0.744. The molecule has 0 saturated heterocycles. The van der Waals surface area contributed by atoms with Crippen LogP contribution < -0.4 is 5.32 Å². The van der Waals surface area contributed by atoms with Crippen molar-refractivity contribution in [3.05, 3.63) is 75.8 Å². The summed E-state index contributed by atoms with van der Waals surface area (Å²) in [6, 6.07) is 13.5. The van der Waals surface area contributed by atoms with Crippen LogP contribution in [0.2, 0.25) is 0 Å². The Labute approximate surface area is 146 Å². The Kier molecular flexibility index (Phi) is 4.71. The fourth-order valence-electron chi connectivity index (χ4n) is 2.26. The highest BCUT2D eigenvalue weighted by Gasteiger charge is 2.18. The van der Waals surface area contributed by atoms with Crippen LogP contribution >= 0.6 is 15.9 Å². The van der Waals surface area contributed by atoms with E-state index in [1.165, 1.54) is 12.1 Å². The number of carbonyl (C=O) groups is 1. The maximum Gasteiger partial charge on any atom is 0.274 e. The van der Waals surface area contributed by atoms with Crippen LogP contribution in [0.3, 0.4) is 0 Å². The predicted molar refractivity (Wildman–Crippen MR) is 91.4 cm³/mol. The summed E-state index contributed by atoms with van der Waals surface area (Å²) < 4.78 is 15.4. The second-order valence-corrected chi connectivity index (χ2v) is 6.05. The molecule has 0 radical (unpaired) electrons. The second-order valence-electron chi connectivity index (χ2n) is 5.20. The summed E-state index contributed by atoms with van der Waals surface area (Å²) >= 11 is 3.46. The number of benzene rings is 2. The van der Waals surface area contributed by atoms with Crippen molar-refractivity contribution in [3.8, 4) is 5.69 Å². The molecule has 0 fully saturated rings. The molecule has 0 aliphatic carbocycles. The Morgan fingerprint density at radius 2 is 1.92 bits per heavy atom. The van der Waals surface area contributed by atoms with E-state index in [0.29, 0.717) is 12.2 Å². The van der Waals surface area contributed by atoms with Crippen molar-refractivity contribution in [2.75, 3.05) is 0 Å². The fraction of sp³-hybridized carbons (Fsp3) is 0.118. The largest absolute Gasteiger partial charge is 0.347 e. The fourth-order valence-corrected chi connectivity index (χ4v) is 2.71. The van der Waals surface area contributed by atoms with E-state index in [1.54, 1.807) is 23.7 Å². The standard InChI is InChI=1S/C17H14BrFN4O/c1-11-16(17(24)20-10-12-6-8-13(19)9-7-12)21-22-23(11)15-5-3-2-4-14(15)18/h2-9H,10H2,1H3,(H,20,24). The third kappa shape index (κ3) is 3.35. The van der Waals surface area contributed by atoms with Crippen LogP contribution in [0, 0.1) is 12.7 Å². The number of amides is 1. The van der Waals surface area contributed by atoms with Gasteiger partial charge in [0.25, 0.3) is 5.91 Å². The first-order valence-electron chi connectivity index (χ1n) is 7.26. The molecule has 3 aromatic rings. The summed E-state index contributed by atoms with van der Waals surface area (Å²) in [5, 5.41) is 10.8. The van der Waals surface area contributed by atoms with Gasteiger partial charge in [0, 0.05) is 11.0 Å². The van der Waals surface area contributed by atoms with Crippen LogP contribution in [0.15, 0.2) is 53.0 Å². The Morgan fingerprint density at radius 1 is 1.21 bits per heavy atom. The number of hydrogen-bond donors (Lipinski definition) is 1. The minimum atomic E-state index is -0.324. The monoisotopic (exact) mass is 388 g/mol. The number of aromatic nitrogens is 3. The molecule has 3 rings (SSSR count). The molecular formula is C17H14BrFN4O. The van der Waals surface area contributed by atoms with Crippen LogP contribution in [0.25, 0.3) is 5.69 Å². The molecule has 0 unspecified atom stereocenters. The minimum Gasteiger partial charge on any atom is -0.347 e. The normalized spacial score (nSPS) is 10.6. The number of rotatable bonds is 4. The lowest BCUT2D eigenvalue weighted by Crippen LogP contribution is -2.24. The van der Waals surface area contributed by atoms with E-state index in [1.807, 2.05) is 24.3 Å². The summed E-state index contributed by atoms with van der Waals surface area (Å²) in [7, 11) is 0. The molecule has 0 atom stereocenters. The van der Waals surface area contributed by atoms with Crippen LogP contribution in [-0.2, 0) is 6.54 Å². The Hall–Kier alpha value is -2.54. The summed E-state index contributed by atoms with van der Waals surface area (Å²) in [4.78, 5) is 12.3. The van der Waals surface area contributed by atoms with Crippen molar-refractivity contribution in [1.29, 1.82) is 0 Å². The highest BCUT2D eigenvalue weighted by molar-refractivity contribution is 9.10. The van der Waals surface area contributed by atoms with Gasteiger partial charge in [-0.25, -0.2) is 9.07 Å². The lowest BCUT2D eigenvalue weighted by molar-refractivity contribution is 0.0945. The van der Waals surface area contributed by atoms with Gasteiger partial charge in [-0.05, 0) is 52.7 Å². The number of carbonyl (C=O) groups excluding carboxylic acids is 1. The first kappa shape index (κ1) is 16.3. The van der Waals surface area contributed by atoms with E-state index >= 15 is 0 Å². The SMILES string of the molecule is Cc1c(C(=O)NCc2ccc(F)cc2)nnn1-c1ccccc1Br. The number of halogens is 2. The van der Waals surface area contributed by atoms with Gasteiger partial charge in [0.15, 0.2) is 5.69 Å². The van der Waals surface area contributed by atoms with E-state index < -0.39 is 0 Å². The van der Waals surface area contributed by atoms with Gasteiger partial charge in [0.05, 0.1) is 11.4 Å². The molecule has 7 heteroatoms. The van der Waals surface area contributed by atoms with Crippen molar-refractivity contribution < 1.29 is 9.18 Å². The zero-order valence-corrected chi connectivity index (χ0v) is 14.4. The molecule has 1 aromatic heterocycles. The molecule has 5 nitrogen and oxygen atoms in total. The van der Waals surface area contributed by atoms with Gasteiger partial charge in [0.2, 0.25) is 0 Å². The molecule has 1 heterocycles. The molecule has 1 amide bonds. The summed E-state index contributed by atoms with van der Waals surface area (Å²) in [5.74, 6) is -0.632. The number of hydrogen-bond acceptors (Lipinski definition) is 3. The van der Waals surface area contributed by atoms with Crippen LogP contribution in [-0.4, -0.2) is 20.9 Å². The molecule has 2 aromatic carbocycles. The van der Waals surface area contributed by atoms with Crippen molar-refractivity contribution in [1.82, 2.24) is 20.3 Å². The zero-order chi connectivity index (χ0) is 17.1. The Balaban J connectivity index is 1.77. The lowest BCUT2D eigenvalue weighted by Gasteiger charge is -2.06. The molecular weight excluding hydrogens is 375 g/mol. The molecule has 0 aliphatic heterocycles. The van der Waals surface area contributed by atoms with E-state index in [0.717, 1.165) is 15.7 Å². The van der Waals surface area contributed by atoms with Crippen LogP contribution in [0.1, 0.15) is 21.7 Å². The molecule has 1 N–H and O–H groups in total. The summed E-state index contributed by atoms with van der Waals surface area (Å²) in [6.07, 6.45) is 0. The minimum absolute atomic E-state index is 0.257. The number of nitrogens with one attached hydrogen (secondary N) is 1. The van der Waals surface area contributed by atoms with Gasteiger partial charge < -0.3 is 5.32 Å². The van der Waals surface area contributed by atoms with Crippen molar-refractivity contribution >= 4 is 21.8 Å². The first-order valence-corrected chi connectivity index (χ1v) is 8.05. The smallest absolute Gasteiger partial charge is 0.274 e. The van der Waals surface area contributed by atoms with Crippen LogP contribution in [0.4, 0.5) is 4.39 Å². The maximum atomic E-state index is 12.9. The Bertz CT molecular complexity index is 877. The molecule has 0 spiro atoms. The van der Waals surface area contributed by atoms with Gasteiger partial charge in [-0.15, -0.1) is 5.10 Å². The maximum absolute atomic E-state index is 12.9. The highest BCUT2D eigenvalue weighted by Crippen LogP contribution is 2.21. The molecule has 0 saturated carbocycles. The predicted octanol–water partition coefficient (Wildman–Crippen LogP) is 3.41. The van der Waals surface area contributed by atoms with Gasteiger partial charge >= 0.3 is 0 Å². The second kappa shape index (κ2) is 6.92. The average molecular weight is 389 g/mol. The van der Waals surface area contributed by atoms with Gasteiger partial charge in [0.1, 0.15) is 5.82 Å². The third-order valence-corrected chi connectivity index (χ3v) is 4.23.